The van der Waals surface area contributed by atoms with Crippen molar-refractivity contribution in [1.82, 2.24) is 4.57 Å². The molecule has 0 atom stereocenters. The summed E-state index contributed by atoms with van der Waals surface area (Å²) in [5, 5.41) is 2.74. The molecule has 0 saturated heterocycles. The molecule has 0 amide bonds. The van der Waals surface area contributed by atoms with Gasteiger partial charge in [-0.2, -0.15) is 0 Å². The first-order valence-electron chi connectivity index (χ1n) is 6.73. The third kappa shape index (κ3) is 2.21. The summed E-state index contributed by atoms with van der Waals surface area (Å²) >= 11 is 5.13. The Morgan fingerprint density at radius 1 is 1.33 bits per heavy atom. The highest BCUT2D eigenvalue weighted by molar-refractivity contribution is 9.10. The van der Waals surface area contributed by atoms with Crippen LogP contribution in [0.3, 0.4) is 0 Å². The molecule has 3 heterocycles. The normalized spacial score (nSPS) is 13.4. The van der Waals surface area contributed by atoms with E-state index in [1.165, 1.54) is 5.56 Å². The highest BCUT2D eigenvalue weighted by Gasteiger charge is 2.18. The number of rotatable bonds is 2. The molecule has 2 aromatic heterocycles. The second kappa shape index (κ2) is 5.00. The van der Waals surface area contributed by atoms with Crippen LogP contribution in [-0.2, 0) is 13.0 Å². The van der Waals surface area contributed by atoms with Crippen molar-refractivity contribution in [1.29, 1.82) is 0 Å². The van der Waals surface area contributed by atoms with Gasteiger partial charge >= 0.3 is 0 Å². The zero-order valence-corrected chi connectivity index (χ0v) is 13.5. The molecule has 1 aliphatic rings. The summed E-state index contributed by atoms with van der Waals surface area (Å²) in [5.41, 5.74) is 2.32. The molecular weight excluding hydrogens is 350 g/mol. The van der Waals surface area contributed by atoms with Gasteiger partial charge in [0, 0.05) is 27.4 Å². The van der Waals surface area contributed by atoms with Crippen LogP contribution in [0.5, 0.6) is 5.75 Å². The van der Waals surface area contributed by atoms with Crippen LogP contribution in [0.2, 0.25) is 0 Å². The van der Waals surface area contributed by atoms with E-state index in [1.54, 1.807) is 15.9 Å². The van der Waals surface area contributed by atoms with Gasteiger partial charge < -0.3 is 9.30 Å². The van der Waals surface area contributed by atoms with Crippen molar-refractivity contribution < 1.29 is 4.74 Å². The third-order valence-electron chi connectivity index (χ3n) is 3.76. The van der Waals surface area contributed by atoms with E-state index in [0.29, 0.717) is 6.54 Å². The smallest absolute Gasteiger partial charge is 0.259 e. The Balaban J connectivity index is 1.82. The summed E-state index contributed by atoms with van der Waals surface area (Å²) in [4.78, 5) is 12.5. The average molecular weight is 362 g/mol. The number of pyridine rings is 1. The Bertz CT molecular complexity index is 897. The van der Waals surface area contributed by atoms with Crippen molar-refractivity contribution in [2.24, 2.45) is 0 Å². The lowest BCUT2D eigenvalue weighted by molar-refractivity contribution is 0.352. The van der Waals surface area contributed by atoms with Crippen LogP contribution in [-0.4, -0.2) is 11.2 Å². The van der Waals surface area contributed by atoms with Gasteiger partial charge in [0.15, 0.2) is 0 Å². The molecule has 1 aliphatic heterocycles. The van der Waals surface area contributed by atoms with Crippen LogP contribution < -0.4 is 10.3 Å². The predicted molar refractivity (Wildman–Crippen MR) is 88.5 cm³/mol. The fourth-order valence-electron chi connectivity index (χ4n) is 2.78. The van der Waals surface area contributed by atoms with Crippen molar-refractivity contribution in [3.05, 3.63) is 61.8 Å². The van der Waals surface area contributed by atoms with Crippen LogP contribution >= 0.6 is 27.3 Å². The minimum atomic E-state index is 0.0560. The molecule has 0 spiro atoms. The van der Waals surface area contributed by atoms with Crippen LogP contribution in [0.1, 0.15) is 11.1 Å². The van der Waals surface area contributed by atoms with E-state index in [0.717, 1.165) is 38.9 Å². The largest absolute Gasteiger partial charge is 0.493 e. The van der Waals surface area contributed by atoms with Gasteiger partial charge in [-0.3, -0.25) is 4.79 Å². The summed E-state index contributed by atoms with van der Waals surface area (Å²) in [6, 6.07) is 8.02. The number of fused-ring (bicyclic) bond motifs is 2. The first kappa shape index (κ1) is 13.1. The van der Waals surface area contributed by atoms with Crippen molar-refractivity contribution in [3.63, 3.8) is 0 Å². The Kier molecular flexibility index (Phi) is 3.12. The number of ether oxygens (including phenoxy) is 1. The molecule has 0 unspecified atom stereocenters. The molecule has 21 heavy (non-hydrogen) atoms. The lowest BCUT2D eigenvalue weighted by Crippen LogP contribution is -2.19. The number of thiophene rings is 1. The van der Waals surface area contributed by atoms with Crippen LogP contribution in [0.25, 0.3) is 10.1 Å². The number of hydrogen-bond acceptors (Lipinski definition) is 3. The standard InChI is InChI=1S/C16H12BrNO2S/c17-12-7-10-2-5-20-15(10)11(8-12)9-18-4-1-14-13(16(18)19)3-6-21-14/h1,3-4,6-8H,2,5,9H2. The molecule has 0 fully saturated rings. The molecule has 3 nitrogen and oxygen atoms in total. The number of hydrogen-bond donors (Lipinski definition) is 0. The summed E-state index contributed by atoms with van der Waals surface area (Å²) in [7, 11) is 0. The SMILES string of the molecule is O=c1c2ccsc2ccn1Cc1cc(Br)cc2c1OCC2. The number of halogens is 1. The van der Waals surface area contributed by atoms with Gasteiger partial charge in [-0.15, -0.1) is 11.3 Å². The van der Waals surface area contributed by atoms with E-state index >= 15 is 0 Å². The lowest BCUT2D eigenvalue weighted by Gasteiger charge is -2.11. The number of aromatic nitrogens is 1. The maximum atomic E-state index is 12.5. The first-order valence-corrected chi connectivity index (χ1v) is 8.40. The van der Waals surface area contributed by atoms with E-state index in [-0.39, 0.29) is 5.56 Å². The van der Waals surface area contributed by atoms with E-state index in [4.69, 9.17) is 4.74 Å². The minimum Gasteiger partial charge on any atom is -0.493 e. The van der Waals surface area contributed by atoms with Gasteiger partial charge in [0.1, 0.15) is 5.75 Å². The van der Waals surface area contributed by atoms with Crippen molar-refractivity contribution in [3.8, 4) is 5.75 Å². The molecule has 0 radical (unpaired) electrons. The lowest BCUT2D eigenvalue weighted by atomic mass is 10.1. The zero-order chi connectivity index (χ0) is 14.4. The predicted octanol–water partition coefficient (Wildman–Crippen LogP) is 3.81. The highest BCUT2D eigenvalue weighted by atomic mass is 79.9. The summed E-state index contributed by atoms with van der Waals surface area (Å²) in [5.74, 6) is 0.940. The molecule has 3 aromatic rings. The van der Waals surface area contributed by atoms with Crippen LogP contribution in [0.4, 0.5) is 0 Å². The second-order valence-corrected chi connectivity index (χ2v) is 6.96. The highest BCUT2D eigenvalue weighted by Crippen LogP contribution is 2.33. The topological polar surface area (TPSA) is 31.2 Å². The van der Waals surface area contributed by atoms with E-state index in [1.807, 2.05) is 29.8 Å². The summed E-state index contributed by atoms with van der Waals surface area (Å²) < 4.78 is 9.55. The second-order valence-electron chi connectivity index (χ2n) is 5.10. The van der Waals surface area contributed by atoms with E-state index < -0.39 is 0 Å². The molecule has 0 aliphatic carbocycles. The monoisotopic (exact) mass is 361 g/mol. The molecule has 1 aromatic carbocycles. The van der Waals surface area contributed by atoms with E-state index in [9.17, 15) is 4.79 Å². The quantitative estimate of drug-likeness (QED) is 0.694. The molecule has 106 valence electrons. The van der Waals surface area contributed by atoms with Crippen LogP contribution in [0, 0.1) is 0 Å². The zero-order valence-electron chi connectivity index (χ0n) is 11.1. The maximum Gasteiger partial charge on any atom is 0.259 e. The van der Waals surface area contributed by atoms with Crippen LogP contribution in [0.15, 0.2) is 45.1 Å². The Labute approximate surface area is 133 Å². The number of benzene rings is 1. The van der Waals surface area contributed by atoms with Gasteiger partial charge in [0.25, 0.3) is 5.56 Å². The van der Waals surface area contributed by atoms with Crippen molar-refractivity contribution in [2.75, 3.05) is 6.61 Å². The average Bonchev–Trinajstić information content (AvgIpc) is 3.10. The van der Waals surface area contributed by atoms with Gasteiger partial charge in [0.05, 0.1) is 18.5 Å². The number of nitrogens with zero attached hydrogens (tertiary/aromatic N) is 1. The van der Waals surface area contributed by atoms with Gasteiger partial charge in [-0.1, -0.05) is 15.9 Å². The molecule has 0 bridgehead atoms. The molecule has 0 N–H and O–H groups in total. The summed E-state index contributed by atoms with van der Waals surface area (Å²) in [6.45, 7) is 1.25. The fourth-order valence-corrected chi connectivity index (χ4v) is 4.10. The molecular formula is C16H12BrNO2S. The Morgan fingerprint density at radius 3 is 3.14 bits per heavy atom. The van der Waals surface area contributed by atoms with Gasteiger partial charge in [0.2, 0.25) is 0 Å². The minimum absolute atomic E-state index is 0.0560. The summed E-state index contributed by atoms with van der Waals surface area (Å²) in [6.07, 6.45) is 2.80. The van der Waals surface area contributed by atoms with Gasteiger partial charge in [-0.05, 0) is 35.2 Å². The fraction of sp³-hybridized carbons (Fsp3) is 0.188. The van der Waals surface area contributed by atoms with E-state index in [2.05, 4.69) is 22.0 Å². The molecule has 5 heteroatoms. The van der Waals surface area contributed by atoms with Gasteiger partial charge in [-0.25, -0.2) is 0 Å². The third-order valence-corrected chi connectivity index (χ3v) is 5.10. The molecule has 0 saturated carbocycles. The first-order chi connectivity index (χ1) is 10.2. The van der Waals surface area contributed by atoms with Crippen molar-refractivity contribution in [2.45, 2.75) is 13.0 Å². The maximum absolute atomic E-state index is 12.5. The molecule has 4 rings (SSSR count). The Morgan fingerprint density at radius 2 is 2.24 bits per heavy atom. The Hall–Kier alpha value is -1.59. The van der Waals surface area contributed by atoms with Crippen molar-refractivity contribution >= 4 is 37.4 Å².